The van der Waals surface area contributed by atoms with Crippen LogP contribution < -0.4 is 16.6 Å². The van der Waals surface area contributed by atoms with Crippen molar-refractivity contribution in [3.8, 4) is 0 Å². The molecule has 20 heavy (non-hydrogen) atoms. The number of likely N-dealkylation sites (N-methyl/N-ethyl adjacent to an activating group) is 1. The maximum Gasteiger partial charge on any atom is 0.145 e. The molecular formula is C14H26N6. The lowest BCUT2D eigenvalue weighted by Crippen LogP contribution is -2.54. The molecule has 1 aliphatic carbocycles. The zero-order valence-corrected chi connectivity index (χ0v) is 12.9. The normalized spacial score (nSPS) is 17.1. The van der Waals surface area contributed by atoms with Crippen LogP contribution in [-0.2, 0) is 0 Å². The third kappa shape index (κ3) is 3.02. The number of anilines is 2. The van der Waals surface area contributed by atoms with E-state index in [-0.39, 0.29) is 11.5 Å². The van der Waals surface area contributed by atoms with Crippen LogP contribution in [0.2, 0.25) is 0 Å². The summed E-state index contributed by atoms with van der Waals surface area (Å²) < 4.78 is 0. The molecule has 0 saturated heterocycles. The molecule has 0 aliphatic heterocycles. The van der Waals surface area contributed by atoms with Crippen molar-refractivity contribution in [2.45, 2.75) is 44.6 Å². The van der Waals surface area contributed by atoms with E-state index in [0.29, 0.717) is 5.82 Å². The van der Waals surface area contributed by atoms with Crippen molar-refractivity contribution in [1.29, 1.82) is 0 Å². The Bertz CT molecular complexity index is 453. The van der Waals surface area contributed by atoms with Gasteiger partial charge in [-0.3, -0.25) is 0 Å². The highest BCUT2D eigenvalue weighted by atomic mass is 15.3. The monoisotopic (exact) mass is 278 g/mol. The van der Waals surface area contributed by atoms with E-state index in [1.165, 1.54) is 19.3 Å². The summed E-state index contributed by atoms with van der Waals surface area (Å²) in [5.41, 5.74) is 2.87. The summed E-state index contributed by atoms with van der Waals surface area (Å²) >= 11 is 0. The summed E-state index contributed by atoms with van der Waals surface area (Å²) in [6, 6.07) is 1.86. The fraction of sp³-hybridized carbons (Fsp3) is 0.714. The molecule has 0 spiro atoms. The number of nitrogens with two attached hydrogens (primary N) is 1. The maximum atomic E-state index is 5.48. The van der Waals surface area contributed by atoms with Crippen molar-refractivity contribution in [1.82, 2.24) is 14.9 Å². The average Bonchev–Trinajstić information content (AvgIpc) is 2.36. The van der Waals surface area contributed by atoms with Crippen LogP contribution >= 0.6 is 0 Å². The minimum atomic E-state index is 0.263. The first kappa shape index (κ1) is 15.0. The Morgan fingerprint density at radius 2 is 1.95 bits per heavy atom. The Labute approximate surface area is 121 Å². The fourth-order valence-corrected chi connectivity index (χ4v) is 2.51. The Balaban J connectivity index is 2.10. The number of hydrogen-bond acceptors (Lipinski definition) is 6. The highest BCUT2D eigenvalue weighted by Gasteiger charge is 2.38. The van der Waals surface area contributed by atoms with Crippen LogP contribution in [0.5, 0.6) is 0 Å². The minimum absolute atomic E-state index is 0.263. The molecule has 2 rings (SSSR count). The largest absolute Gasteiger partial charge is 0.368 e. The number of aromatic nitrogens is 2. The molecule has 6 heteroatoms. The van der Waals surface area contributed by atoms with E-state index in [2.05, 4.69) is 53.6 Å². The first-order valence-electron chi connectivity index (χ1n) is 7.24. The molecule has 1 aromatic rings. The van der Waals surface area contributed by atoms with Crippen LogP contribution in [0.1, 0.15) is 44.9 Å². The lowest BCUT2D eigenvalue weighted by Gasteiger charge is -2.47. The first-order valence-corrected chi connectivity index (χ1v) is 7.24. The van der Waals surface area contributed by atoms with Crippen molar-refractivity contribution >= 4 is 11.6 Å². The SMILES string of the molecule is CC(C)c1nc(NN)cc(NCC2(N(C)C)CCC2)n1. The van der Waals surface area contributed by atoms with Crippen molar-refractivity contribution in [3.63, 3.8) is 0 Å². The highest BCUT2D eigenvalue weighted by Crippen LogP contribution is 2.36. The minimum Gasteiger partial charge on any atom is -0.368 e. The van der Waals surface area contributed by atoms with E-state index in [4.69, 9.17) is 5.84 Å². The molecule has 0 radical (unpaired) electrons. The van der Waals surface area contributed by atoms with Gasteiger partial charge in [0, 0.05) is 24.1 Å². The Kier molecular flexibility index (Phi) is 4.45. The number of hydrogen-bond donors (Lipinski definition) is 3. The molecule has 0 aromatic carbocycles. The second-order valence-corrected chi connectivity index (χ2v) is 6.12. The molecule has 0 atom stereocenters. The molecular weight excluding hydrogens is 252 g/mol. The van der Waals surface area contributed by atoms with Crippen LogP contribution in [0.25, 0.3) is 0 Å². The van der Waals surface area contributed by atoms with Gasteiger partial charge in [0.15, 0.2) is 0 Å². The van der Waals surface area contributed by atoms with Gasteiger partial charge in [0.1, 0.15) is 17.5 Å². The number of nitrogens with zero attached hydrogens (tertiary/aromatic N) is 3. The molecule has 1 aliphatic rings. The molecule has 112 valence electrons. The lowest BCUT2D eigenvalue weighted by atomic mass is 9.75. The van der Waals surface area contributed by atoms with Crippen molar-refractivity contribution in [2.24, 2.45) is 5.84 Å². The van der Waals surface area contributed by atoms with Crippen LogP contribution in [0.15, 0.2) is 6.07 Å². The highest BCUT2D eigenvalue weighted by molar-refractivity contribution is 5.47. The van der Waals surface area contributed by atoms with Crippen molar-refractivity contribution in [3.05, 3.63) is 11.9 Å². The molecule has 0 unspecified atom stereocenters. The Morgan fingerprint density at radius 1 is 1.30 bits per heavy atom. The summed E-state index contributed by atoms with van der Waals surface area (Å²) in [6.07, 6.45) is 3.77. The van der Waals surface area contributed by atoms with Crippen molar-refractivity contribution < 1.29 is 0 Å². The van der Waals surface area contributed by atoms with Gasteiger partial charge in [0.05, 0.1) is 0 Å². The van der Waals surface area contributed by atoms with Gasteiger partial charge in [0.25, 0.3) is 0 Å². The zero-order valence-electron chi connectivity index (χ0n) is 12.9. The summed E-state index contributed by atoms with van der Waals surface area (Å²) in [4.78, 5) is 11.2. The van der Waals surface area contributed by atoms with Gasteiger partial charge in [-0.15, -0.1) is 0 Å². The van der Waals surface area contributed by atoms with Crippen LogP contribution in [0.3, 0.4) is 0 Å². The van der Waals surface area contributed by atoms with E-state index < -0.39 is 0 Å². The van der Waals surface area contributed by atoms with Crippen LogP contribution in [-0.4, -0.2) is 41.0 Å². The van der Waals surface area contributed by atoms with E-state index in [1.54, 1.807) is 0 Å². The molecule has 0 amide bonds. The molecule has 6 nitrogen and oxygen atoms in total. The number of rotatable bonds is 6. The zero-order chi connectivity index (χ0) is 14.8. The summed E-state index contributed by atoms with van der Waals surface area (Å²) in [7, 11) is 4.29. The quantitative estimate of drug-likeness (QED) is 0.544. The van der Waals surface area contributed by atoms with Crippen molar-refractivity contribution in [2.75, 3.05) is 31.4 Å². The molecule has 1 saturated carbocycles. The summed E-state index contributed by atoms with van der Waals surface area (Å²) in [5, 5.41) is 3.45. The molecule has 1 aromatic heterocycles. The number of nitrogen functional groups attached to an aromatic ring is 1. The van der Waals surface area contributed by atoms with Crippen LogP contribution in [0, 0.1) is 0 Å². The summed E-state index contributed by atoms with van der Waals surface area (Å²) in [5.74, 6) is 8.04. The Hall–Kier alpha value is -1.40. The van der Waals surface area contributed by atoms with E-state index in [0.717, 1.165) is 18.2 Å². The van der Waals surface area contributed by atoms with E-state index in [9.17, 15) is 0 Å². The second-order valence-electron chi connectivity index (χ2n) is 6.12. The predicted molar refractivity (Wildman–Crippen MR) is 82.7 cm³/mol. The smallest absolute Gasteiger partial charge is 0.145 e. The first-order chi connectivity index (χ1) is 9.47. The van der Waals surface area contributed by atoms with Gasteiger partial charge < -0.3 is 15.6 Å². The van der Waals surface area contributed by atoms with Gasteiger partial charge in [0.2, 0.25) is 0 Å². The van der Waals surface area contributed by atoms with E-state index in [1.807, 2.05) is 6.07 Å². The van der Waals surface area contributed by atoms with Crippen LogP contribution in [0.4, 0.5) is 11.6 Å². The third-order valence-corrected chi connectivity index (χ3v) is 4.24. The molecule has 1 heterocycles. The lowest BCUT2D eigenvalue weighted by molar-refractivity contribution is 0.0738. The van der Waals surface area contributed by atoms with E-state index >= 15 is 0 Å². The number of nitrogens with one attached hydrogen (secondary N) is 2. The topological polar surface area (TPSA) is 79.1 Å². The second kappa shape index (κ2) is 5.93. The fourth-order valence-electron chi connectivity index (χ4n) is 2.51. The molecule has 0 bridgehead atoms. The maximum absolute atomic E-state index is 5.48. The van der Waals surface area contributed by atoms with Gasteiger partial charge in [-0.2, -0.15) is 0 Å². The van der Waals surface area contributed by atoms with Gasteiger partial charge in [-0.25, -0.2) is 15.8 Å². The van der Waals surface area contributed by atoms with Gasteiger partial charge in [-0.05, 0) is 33.4 Å². The summed E-state index contributed by atoms with van der Waals surface area (Å²) in [6.45, 7) is 5.05. The average molecular weight is 278 g/mol. The standard InChI is InChI=1S/C14H26N6/c1-10(2)13-17-11(8-12(18-13)19-15)16-9-14(20(3)4)6-5-7-14/h8,10H,5-7,9,15H2,1-4H3,(H2,16,17,18,19). The predicted octanol–water partition coefficient (Wildman–Crippen LogP) is 1.78. The molecule has 1 fully saturated rings. The molecule has 4 N–H and O–H groups in total. The Morgan fingerprint density at radius 3 is 2.40 bits per heavy atom. The van der Waals surface area contributed by atoms with Gasteiger partial charge >= 0.3 is 0 Å². The third-order valence-electron chi connectivity index (χ3n) is 4.24. The number of hydrazine groups is 1. The van der Waals surface area contributed by atoms with Gasteiger partial charge in [-0.1, -0.05) is 13.8 Å².